The summed E-state index contributed by atoms with van der Waals surface area (Å²) in [5.41, 5.74) is 0.162. The monoisotopic (exact) mass is 180 g/mol. The zero-order valence-electron chi connectivity index (χ0n) is 7.70. The molecule has 0 bridgehead atoms. The van der Waals surface area contributed by atoms with E-state index < -0.39 is 0 Å². The Hall–Kier alpha value is -1.58. The number of hydrogen-bond donors (Lipinski definition) is 1. The molecule has 70 valence electrons. The van der Waals surface area contributed by atoms with Crippen LogP contribution in [0.2, 0.25) is 0 Å². The molecule has 0 atom stereocenters. The third-order valence-electron chi connectivity index (χ3n) is 1.43. The number of H-pyrrole nitrogens is 1. The maximum absolute atomic E-state index is 11.1. The second kappa shape index (κ2) is 4.45. The van der Waals surface area contributed by atoms with Crippen LogP contribution in [0.5, 0.6) is 0 Å². The molecule has 0 fully saturated rings. The smallest absolute Gasteiger partial charge is 0.273 e. The van der Waals surface area contributed by atoms with E-state index in [4.69, 9.17) is 4.74 Å². The predicted octanol–water partition coefficient (Wildman–Crippen LogP) is 1.46. The molecule has 1 N–H and O–H groups in total. The van der Waals surface area contributed by atoms with Crippen molar-refractivity contribution in [3.8, 4) is 0 Å². The van der Waals surface area contributed by atoms with Crippen molar-refractivity contribution >= 4 is 11.6 Å². The standard InChI is InChI=1S/C9H12N2O2/c1-3-13-7(2)11-8-5-4-6-10-9(8)12/h4-6H,3H2,1-2H3,(H,10,12). The van der Waals surface area contributed by atoms with Crippen molar-refractivity contribution in [1.29, 1.82) is 0 Å². The molecule has 0 aromatic carbocycles. The van der Waals surface area contributed by atoms with Gasteiger partial charge in [0.25, 0.3) is 5.56 Å². The largest absolute Gasteiger partial charge is 0.481 e. The minimum atomic E-state index is -0.207. The summed E-state index contributed by atoms with van der Waals surface area (Å²) in [4.78, 5) is 17.7. The first-order valence-electron chi connectivity index (χ1n) is 4.10. The normalized spacial score (nSPS) is 11.4. The summed E-state index contributed by atoms with van der Waals surface area (Å²) in [5, 5.41) is 0. The van der Waals surface area contributed by atoms with Gasteiger partial charge < -0.3 is 9.72 Å². The van der Waals surface area contributed by atoms with Crippen molar-refractivity contribution in [2.75, 3.05) is 6.61 Å². The van der Waals surface area contributed by atoms with E-state index in [1.807, 2.05) is 6.92 Å². The predicted molar refractivity (Wildman–Crippen MR) is 51.5 cm³/mol. The maximum atomic E-state index is 11.1. The fourth-order valence-electron chi connectivity index (χ4n) is 0.912. The lowest BCUT2D eigenvalue weighted by Crippen LogP contribution is -2.05. The summed E-state index contributed by atoms with van der Waals surface area (Å²) in [6, 6.07) is 3.36. The van der Waals surface area contributed by atoms with Crippen molar-refractivity contribution in [2.24, 2.45) is 4.99 Å². The Morgan fingerprint density at radius 1 is 1.69 bits per heavy atom. The number of nitrogens with one attached hydrogen (secondary N) is 1. The van der Waals surface area contributed by atoms with Gasteiger partial charge in [0.15, 0.2) is 5.90 Å². The molecule has 13 heavy (non-hydrogen) atoms. The highest BCUT2D eigenvalue weighted by Crippen LogP contribution is 2.02. The number of nitrogens with zero attached hydrogens (tertiary/aromatic N) is 1. The van der Waals surface area contributed by atoms with Crippen LogP contribution in [0, 0.1) is 0 Å². The molecule has 0 radical (unpaired) electrons. The molecule has 0 aliphatic heterocycles. The van der Waals surface area contributed by atoms with Gasteiger partial charge in [-0.15, -0.1) is 0 Å². The first kappa shape index (κ1) is 9.51. The molecule has 1 rings (SSSR count). The average Bonchev–Trinajstić information content (AvgIpc) is 2.09. The fraction of sp³-hybridized carbons (Fsp3) is 0.333. The second-order valence-corrected chi connectivity index (χ2v) is 2.45. The van der Waals surface area contributed by atoms with E-state index in [1.54, 1.807) is 25.3 Å². The molecule has 0 amide bonds. The molecule has 0 aliphatic rings. The van der Waals surface area contributed by atoms with Gasteiger partial charge in [0.05, 0.1) is 6.61 Å². The maximum Gasteiger partial charge on any atom is 0.273 e. The van der Waals surface area contributed by atoms with Gasteiger partial charge in [-0.1, -0.05) is 0 Å². The summed E-state index contributed by atoms with van der Waals surface area (Å²) in [6.07, 6.45) is 1.57. The number of aliphatic imine (C=N–C) groups is 1. The van der Waals surface area contributed by atoms with Gasteiger partial charge in [-0.2, -0.15) is 0 Å². The van der Waals surface area contributed by atoms with Crippen LogP contribution in [-0.2, 0) is 4.74 Å². The lowest BCUT2D eigenvalue weighted by atomic mass is 10.4. The summed E-state index contributed by atoms with van der Waals surface area (Å²) >= 11 is 0. The number of hydrogen-bond acceptors (Lipinski definition) is 3. The minimum absolute atomic E-state index is 0.207. The van der Waals surface area contributed by atoms with Gasteiger partial charge in [-0.05, 0) is 19.1 Å². The topological polar surface area (TPSA) is 54.4 Å². The molecule has 0 saturated heterocycles. The molecule has 0 unspecified atom stereocenters. The van der Waals surface area contributed by atoms with Crippen LogP contribution in [0.1, 0.15) is 13.8 Å². The molecule has 0 spiro atoms. The first-order valence-corrected chi connectivity index (χ1v) is 4.10. The van der Waals surface area contributed by atoms with E-state index in [-0.39, 0.29) is 5.56 Å². The average molecular weight is 180 g/mol. The van der Waals surface area contributed by atoms with Crippen LogP contribution in [0.25, 0.3) is 0 Å². The number of pyridine rings is 1. The van der Waals surface area contributed by atoms with Crippen molar-refractivity contribution in [2.45, 2.75) is 13.8 Å². The summed E-state index contributed by atoms with van der Waals surface area (Å²) in [7, 11) is 0. The molecule has 0 aliphatic carbocycles. The third kappa shape index (κ3) is 2.74. The number of rotatable bonds is 2. The summed E-state index contributed by atoms with van der Waals surface area (Å²) in [5.74, 6) is 0.499. The molecule has 1 aromatic heterocycles. The minimum Gasteiger partial charge on any atom is -0.481 e. The van der Waals surface area contributed by atoms with Gasteiger partial charge in [-0.3, -0.25) is 4.79 Å². The number of aromatic amines is 1. The zero-order chi connectivity index (χ0) is 9.68. The van der Waals surface area contributed by atoms with Gasteiger partial charge in [0, 0.05) is 13.1 Å². The molecular weight excluding hydrogens is 168 g/mol. The van der Waals surface area contributed by atoms with Crippen molar-refractivity contribution in [1.82, 2.24) is 4.98 Å². The molecule has 0 saturated carbocycles. The third-order valence-corrected chi connectivity index (χ3v) is 1.43. The van der Waals surface area contributed by atoms with Crippen molar-refractivity contribution in [3.05, 3.63) is 28.7 Å². The van der Waals surface area contributed by atoms with Crippen LogP contribution < -0.4 is 5.56 Å². The van der Waals surface area contributed by atoms with Crippen molar-refractivity contribution in [3.63, 3.8) is 0 Å². The highest BCUT2D eigenvalue weighted by atomic mass is 16.5. The second-order valence-electron chi connectivity index (χ2n) is 2.45. The fourth-order valence-corrected chi connectivity index (χ4v) is 0.912. The van der Waals surface area contributed by atoms with E-state index in [0.717, 1.165) is 0 Å². The lowest BCUT2D eigenvalue weighted by molar-refractivity contribution is 0.325. The molecule has 4 nitrogen and oxygen atoms in total. The van der Waals surface area contributed by atoms with Crippen LogP contribution >= 0.6 is 0 Å². The quantitative estimate of drug-likeness (QED) is 0.553. The first-order chi connectivity index (χ1) is 6.24. The summed E-state index contributed by atoms with van der Waals surface area (Å²) < 4.78 is 5.10. The van der Waals surface area contributed by atoms with Crippen LogP contribution in [0.3, 0.4) is 0 Å². The molecule has 4 heteroatoms. The van der Waals surface area contributed by atoms with Crippen LogP contribution in [-0.4, -0.2) is 17.5 Å². The Bertz CT molecular complexity index is 355. The molecule has 1 heterocycles. The van der Waals surface area contributed by atoms with Gasteiger partial charge >= 0.3 is 0 Å². The van der Waals surface area contributed by atoms with Crippen molar-refractivity contribution < 1.29 is 4.74 Å². The van der Waals surface area contributed by atoms with Crippen LogP contribution in [0.15, 0.2) is 28.1 Å². The van der Waals surface area contributed by atoms with E-state index >= 15 is 0 Å². The lowest BCUT2D eigenvalue weighted by Gasteiger charge is -1.99. The molecular formula is C9H12N2O2. The van der Waals surface area contributed by atoms with Gasteiger partial charge in [-0.25, -0.2) is 4.99 Å². The number of aromatic nitrogens is 1. The highest BCUT2D eigenvalue weighted by molar-refractivity contribution is 5.76. The Morgan fingerprint density at radius 3 is 3.08 bits per heavy atom. The van der Waals surface area contributed by atoms with Gasteiger partial charge in [0.2, 0.25) is 0 Å². The Labute approximate surface area is 76.3 Å². The number of ether oxygens (including phenoxy) is 1. The van der Waals surface area contributed by atoms with E-state index in [2.05, 4.69) is 9.98 Å². The molecule has 1 aromatic rings. The van der Waals surface area contributed by atoms with E-state index in [9.17, 15) is 4.79 Å². The van der Waals surface area contributed by atoms with Crippen LogP contribution in [0.4, 0.5) is 5.69 Å². The van der Waals surface area contributed by atoms with E-state index in [0.29, 0.717) is 18.2 Å². The van der Waals surface area contributed by atoms with Gasteiger partial charge in [0.1, 0.15) is 5.69 Å². The Kier molecular flexibility index (Phi) is 3.25. The Balaban J connectivity index is 2.91. The summed E-state index contributed by atoms with van der Waals surface area (Å²) in [6.45, 7) is 4.14. The van der Waals surface area contributed by atoms with E-state index in [1.165, 1.54) is 0 Å². The zero-order valence-corrected chi connectivity index (χ0v) is 7.70. The SMILES string of the molecule is CCOC(C)=Nc1ccc[nH]c1=O. The Morgan fingerprint density at radius 2 is 2.46 bits per heavy atom. The highest BCUT2D eigenvalue weighted by Gasteiger charge is 1.96.